The maximum Gasteiger partial charge on any atom is 0.137 e. The van der Waals surface area contributed by atoms with Crippen LogP contribution in [0.2, 0.25) is 0 Å². The Bertz CT molecular complexity index is 180. The minimum atomic E-state index is 0.455. The van der Waals surface area contributed by atoms with Crippen molar-refractivity contribution in [1.29, 1.82) is 0 Å². The van der Waals surface area contributed by atoms with Crippen LogP contribution in [0, 0.1) is 0 Å². The zero-order chi connectivity index (χ0) is 6.53. The van der Waals surface area contributed by atoms with Crippen LogP contribution < -0.4 is 0 Å². The second-order valence-corrected chi connectivity index (χ2v) is 1.42. The van der Waals surface area contributed by atoms with Gasteiger partial charge in [0.15, 0.2) is 0 Å². The van der Waals surface area contributed by atoms with E-state index < -0.39 is 0 Å². The zero-order valence-electron chi connectivity index (χ0n) is 4.68. The lowest BCUT2D eigenvalue weighted by atomic mass is 10.7. The highest BCUT2D eigenvalue weighted by atomic mass is 16.4. The SMILES string of the molecule is ON=CCn1cncn1. The van der Waals surface area contributed by atoms with Crippen molar-refractivity contribution >= 4 is 6.21 Å². The first-order valence-corrected chi connectivity index (χ1v) is 2.42. The summed E-state index contributed by atoms with van der Waals surface area (Å²) in [4.78, 5) is 3.68. The molecule has 0 aromatic carbocycles. The Hall–Kier alpha value is -1.39. The second-order valence-electron chi connectivity index (χ2n) is 1.42. The lowest BCUT2D eigenvalue weighted by Gasteiger charge is -1.87. The Kier molecular flexibility index (Phi) is 1.79. The van der Waals surface area contributed by atoms with Crippen LogP contribution in [-0.2, 0) is 6.54 Å². The topological polar surface area (TPSA) is 63.3 Å². The summed E-state index contributed by atoms with van der Waals surface area (Å²) in [6, 6.07) is 0. The average molecular weight is 126 g/mol. The summed E-state index contributed by atoms with van der Waals surface area (Å²) in [6.07, 6.45) is 4.29. The molecule has 0 saturated heterocycles. The van der Waals surface area contributed by atoms with E-state index in [1.165, 1.54) is 12.5 Å². The first kappa shape index (κ1) is 5.74. The fourth-order valence-electron chi connectivity index (χ4n) is 0.447. The Balaban J connectivity index is 2.48. The third-order valence-corrected chi connectivity index (χ3v) is 0.817. The van der Waals surface area contributed by atoms with E-state index in [1.54, 1.807) is 11.0 Å². The van der Waals surface area contributed by atoms with Crippen LogP contribution in [0.15, 0.2) is 17.8 Å². The van der Waals surface area contributed by atoms with E-state index in [0.29, 0.717) is 6.54 Å². The van der Waals surface area contributed by atoms with Gasteiger partial charge >= 0.3 is 0 Å². The van der Waals surface area contributed by atoms with Gasteiger partial charge in [-0.2, -0.15) is 5.10 Å². The number of nitrogens with zero attached hydrogens (tertiary/aromatic N) is 4. The minimum absolute atomic E-state index is 0.455. The molecular formula is C4H6N4O. The summed E-state index contributed by atoms with van der Waals surface area (Å²) in [5.41, 5.74) is 0. The van der Waals surface area contributed by atoms with Crippen molar-refractivity contribution in [1.82, 2.24) is 14.8 Å². The molecule has 1 heterocycles. The summed E-state index contributed by atoms with van der Waals surface area (Å²) in [6.45, 7) is 0.455. The molecule has 0 aliphatic carbocycles. The summed E-state index contributed by atoms with van der Waals surface area (Å²) in [5, 5.41) is 14.5. The zero-order valence-corrected chi connectivity index (χ0v) is 4.68. The van der Waals surface area contributed by atoms with Crippen molar-refractivity contribution in [3.8, 4) is 0 Å². The molecule has 5 heteroatoms. The van der Waals surface area contributed by atoms with E-state index in [4.69, 9.17) is 5.21 Å². The molecule has 0 aliphatic rings. The largest absolute Gasteiger partial charge is 0.411 e. The molecule has 0 spiro atoms. The Morgan fingerprint density at radius 2 is 2.67 bits per heavy atom. The van der Waals surface area contributed by atoms with Gasteiger partial charge in [-0.25, -0.2) is 9.67 Å². The van der Waals surface area contributed by atoms with Gasteiger partial charge in [-0.15, -0.1) is 5.16 Å². The molecule has 9 heavy (non-hydrogen) atoms. The molecule has 0 unspecified atom stereocenters. The van der Waals surface area contributed by atoms with Gasteiger partial charge in [0, 0.05) is 0 Å². The van der Waals surface area contributed by atoms with Crippen molar-refractivity contribution in [2.24, 2.45) is 5.16 Å². The van der Waals surface area contributed by atoms with Gasteiger partial charge in [-0.1, -0.05) is 0 Å². The number of rotatable bonds is 2. The molecule has 0 amide bonds. The molecule has 1 aromatic heterocycles. The molecule has 0 saturated carbocycles. The Morgan fingerprint density at radius 1 is 1.78 bits per heavy atom. The second kappa shape index (κ2) is 2.81. The molecule has 0 fully saturated rings. The van der Waals surface area contributed by atoms with Crippen LogP contribution in [0.3, 0.4) is 0 Å². The fraction of sp³-hybridized carbons (Fsp3) is 0.250. The van der Waals surface area contributed by atoms with Gasteiger partial charge in [-0.05, 0) is 0 Å². The smallest absolute Gasteiger partial charge is 0.137 e. The lowest BCUT2D eigenvalue weighted by Crippen LogP contribution is -1.98. The summed E-state index contributed by atoms with van der Waals surface area (Å²) < 4.78 is 1.54. The van der Waals surface area contributed by atoms with Crippen LogP contribution in [0.1, 0.15) is 0 Å². The molecule has 0 atom stereocenters. The monoisotopic (exact) mass is 126 g/mol. The van der Waals surface area contributed by atoms with Crippen molar-refractivity contribution in [3.05, 3.63) is 12.7 Å². The van der Waals surface area contributed by atoms with E-state index in [9.17, 15) is 0 Å². The van der Waals surface area contributed by atoms with Crippen molar-refractivity contribution in [2.45, 2.75) is 6.54 Å². The third-order valence-electron chi connectivity index (χ3n) is 0.817. The number of oxime groups is 1. The van der Waals surface area contributed by atoms with Gasteiger partial charge < -0.3 is 5.21 Å². The van der Waals surface area contributed by atoms with Gasteiger partial charge in [0.1, 0.15) is 12.7 Å². The molecular weight excluding hydrogens is 120 g/mol. The van der Waals surface area contributed by atoms with Crippen molar-refractivity contribution in [3.63, 3.8) is 0 Å². The van der Waals surface area contributed by atoms with Crippen LogP contribution in [0.4, 0.5) is 0 Å². The number of hydrogen-bond acceptors (Lipinski definition) is 4. The molecule has 1 aromatic rings. The molecule has 1 rings (SSSR count). The van der Waals surface area contributed by atoms with Gasteiger partial charge in [0.05, 0.1) is 12.8 Å². The maximum atomic E-state index is 7.97. The normalized spacial score (nSPS) is 10.7. The maximum absolute atomic E-state index is 7.97. The summed E-state index contributed by atoms with van der Waals surface area (Å²) >= 11 is 0. The standard InChI is InChI=1S/C4H6N4O/c9-7-1-2-8-4-5-3-6-8/h1,3-4,9H,2H2. The van der Waals surface area contributed by atoms with E-state index in [2.05, 4.69) is 15.2 Å². The van der Waals surface area contributed by atoms with Gasteiger partial charge in [-0.3, -0.25) is 0 Å². The summed E-state index contributed by atoms with van der Waals surface area (Å²) in [7, 11) is 0. The molecule has 48 valence electrons. The van der Waals surface area contributed by atoms with E-state index in [0.717, 1.165) is 0 Å². The van der Waals surface area contributed by atoms with Gasteiger partial charge in [0.2, 0.25) is 0 Å². The fourth-order valence-corrected chi connectivity index (χ4v) is 0.447. The van der Waals surface area contributed by atoms with Crippen LogP contribution in [0.25, 0.3) is 0 Å². The van der Waals surface area contributed by atoms with Crippen molar-refractivity contribution in [2.75, 3.05) is 0 Å². The highest BCUT2D eigenvalue weighted by Crippen LogP contribution is 1.74. The van der Waals surface area contributed by atoms with E-state index in [1.807, 2.05) is 0 Å². The molecule has 1 N–H and O–H groups in total. The average Bonchev–Trinajstić information content (AvgIpc) is 2.34. The first-order valence-electron chi connectivity index (χ1n) is 2.42. The lowest BCUT2D eigenvalue weighted by molar-refractivity contribution is 0.319. The quantitative estimate of drug-likeness (QED) is 0.337. The van der Waals surface area contributed by atoms with Gasteiger partial charge in [0.25, 0.3) is 0 Å². The number of hydrogen-bond donors (Lipinski definition) is 1. The Morgan fingerprint density at radius 3 is 3.22 bits per heavy atom. The van der Waals surface area contributed by atoms with E-state index in [-0.39, 0.29) is 0 Å². The minimum Gasteiger partial charge on any atom is -0.411 e. The molecule has 0 aliphatic heterocycles. The van der Waals surface area contributed by atoms with Crippen LogP contribution in [-0.4, -0.2) is 26.2 Å². The predicted molar refractivity (Wildman–Crippen MR) is 30.3 cm³/mol. The molecule has 5 nitrogen and oxygen atoms in total. The van der Waals surface area contributed by atoms with Crippen molar-refractivity contribution < 1.29 is 5.21 Å². The molecule has 0 bridgehead atoms. The van der Waals surface area contributed by atoms with Crippen LogP contribution in [0.5, 0.6) is 0 Å². The van der Waals surface area contributed by atoms with Crippen LogP contribution >= 0.6 is 0 Å². The number of aromatic nitrogens is 3. The predicted octanol–water partition coefficient (Wildman–Crippen LogP) is -0.262. The van der Waals surface area contributed by atoms with E-state index >= 15 is 0 Å². The Labute approximate surface area is 51.6 Å². The first-order chi connectivity index (χ1) is 4.43. The highest BCUT2D eigenvalue weighted by Gasteiger charge is 1.83. The third kappa shape index (κ3) is 1.52. The highest BCUT2D eigenvalue weighted by molar-refractivity contribution is 5.55. The summed E-state index contributed by atoms with van der Waals surface area (Å²) in [5.74, 6) is 0. The molecule has 0 radical (unpaired) electrons.